The molecule has 0 aliphatic rings. The molecular weight excluding hydrogens is 345 g/mol. The summed E-state index contributed by atoms with van der Waals surface area (Å²) in [4.78, 5) is 11.9. The van der Waals surface area contributed by atoms with Gasteiger partial charge in [-0.15, -0.1) is 0 Å². The number of carbonyl (C=O) groups is 1. The molecule has 0 spiro atoms. The van der Waals surface area contributed by atoms with Gasteiger partial charge in [0.1, 0.15) is 6.07 Å². The maximum atomic E-state index is 11.9. The van der Waals surface area contributed by atoms with Crippen LogP contribution in [0.5, 0.6) is 0 Å². The minimum absolute atomic E-state index is 0.0116. The smallest absolute Gasteiger partial charge is 0.243 e. The van der Waals surface area contributed by atoms with Crippen LogP contribution in [0.15, 0.2) is 36.4 Å². The van der Waals surface area contributed by atoms with Gasteiger partial charge >= 0.3 is 0 Å². The van der Waals surface area contributed by atoms with Gasteiger partial charge in [-0.1, -0.05) is 40.9 Å². The van der Waals surface area contributed by atoms with E-state index in [1.165, 1.54) is 6.07 Å². The van der Waals surface area contributed by atoms with E-state index in [1.54, 1.807) is 30.3 Å². The van der Waals surface area contributed by atoms with Crippen LogP contribution in [0.3, 0.4) is 0 Å². The molecule has 0 atom stereocenters. The van der Waals surface area contributed by atoms with Crippen LogP contribution in [0, 0.1) is 11.3 Å². The number of hydrogen-bond donors (Lipinski definition) is 2. The molecule has 2 N–H and O–H groups in total. The van der Waals surface area contributed by atoms with Gasteiger partial charge in [-0.3, -0.25) is 4.79 Å². The number of nitrogens with one attached hydrogen (secondary N) is 2. The predicted octanol–water partition coefficient (Wildman–Crippen LogP) is 4.57. The molecule has 0 unspecified atom stereocenters. The lowest BCUT2D eigenvalue weighted by Gasteiger charge is -2.10. The monoisotopic (exact) mass is 353 g/mol. The van der Waals surface area contributed by atoms with Crippen molar-refractivity contribution in [1.82, 2.24) is 0 Å². The molecule has 0 aliphatic carbocycles. The first-order valence-electron chi connectivity index (χ1n) is 6.18. The van der Waals surface area contributed by atoms with Crippen LogP contribution in [-0.4, -0.2) is 12.5 Å². The van der Waals surface area contributed by atoms with Crippen molar-refractivity contribution in [3.8, 4) is 6.07 Å². The van der Waals surface area contributed by atoms with Gasteiger partial charge in [-0.05, 0) is 30.3 Å². The standard InChI is InChI=1S/C15H10Cl3N3O/c16-11-2-1-3-13(15(11)18)20-8-14(22)21-10-5-4-9(7-19)12(17)6-10/h1-6,20H,8H2,(H,21,22). The molecule has 112 valence electrons. The van der Waals surface area contributed by atoms with Crippen molar-refractivity contribution in [2.45, 2.75) is 0 Å². The Morgan fingerprint density at radius 2 is 1.91 bits per heavy atom. The molecule has 0 saturated heterocycles. The Bertz CT molecular complexity index is 756. The highest BCUT2D eigenvalue weighted by Crippen LogP contribution is 2.29. The third-order valence-corrected chi connectivity index (χ3v) is 3.90. The molecular formula is C15H10Cl3N3O. The van der Waals surface area contributed by atoms with Crippen molar-refractivity contribution in [3.63, 3.8) is 0 Å². The lowest BCUT2D eigenvalue weighted by atomic mass is 10.2. The first-order chi connectivity index (χ1) is 10.5. The number of benzene rings is 2. The predicted molar refractivity (Wildman–Crippen MR) is 89.7 cm³/mol. The molecule has 7 heteroatoms. The quantitative estimate of drug-likeness (QED) is 0.845. The number of halogens is 3. The van der Waals surface area contributed by atoms with Crippen LogP contribution in [-0.2, 0) is 4.79 Å². The molecule has 0 aliphatic heterocycles. The van der Waals surface area contributed by atoms with E-state index in [-0.39, 0.29) is 17.5 Å². The minimum atomic E-state index is -0.281. The fourth-order valence-electron chi connectivity index (χ4n) is 1.70. The van der Waals surface area contributed by atoms with Crippen LogP contribution in [0.1, 0.15) is 5.56 Å². The molecule has 0 bridgehead atoms. The number of nitriles is 1. The second-order valence-corrected chi connectivity index (χ2v) is 5.50. The lowest BCUT2D eigenvalue weighted by Crippen LogP contribution is -2.21. The number of amides is 1. The van der Waals surface area contributed by atoms with Crippen molar-refractivity contribution in [2.24, 2.45) is 0 Å². The number of nitrogens with zero attached hydrogens (tertiary/aromatic N) is 1. The maximum absolute atomic E-state index is 11.9. The Morgan fingerprint density at radius 3 is 2.59 bits per heavy atom. The van der Waals surface area contributed by atoms with E-state index in [0.717, 1.165) is 0 Å². The normalized spacial score (nSPS) is 9.91. The molecule has 2 aromatic carbocycles. The van der Waals surface area contributed by atoms with Crippen molar-refractivity contribution in [3.05, 3.63) is 57.0 Å². The molecule has 0 radical (unpaired) electrons. The second-order valence-electron chi connectivity index (χ2n) is 4.31. The highest BCUT2D eigenvalue weighted by atomic mass is 35.5. The summed E-state index contributed by atoms with van der Waals surface area (Å²) in [5.41, 5.74) is 1.43. The van der Waals surface area contributed by atoms with E-state index in [9.17, 15) is 4.79 Å². The molecule has 2 rings (SSSR count). The highest BCUT2D eigenvalue weighted by Gasteiger charge is 2.08. The summed E-state index contributed by atoms with van der Waals surface area (Å²) >= 11 is 17.8. The molecule has 2 aromatic rings. The van der Waals surface area contributed by atoms with Crippen molar-refractivity contribution >= 4 is 52.1 Å². The molecule has 22 heavy (non-hydrogen) atoms. The third kappa shape index (κ3) is 4.05. The van der Waals surface area contributed by atoms with Crippen LogP contribution in [0.2, 0.25) is 15.1 Å². The minimum Gasteiger partial charge on any atom is -0.375 e. The zero-order valence-corrected chi connectivity index (χ0v) is 13.4. The van der Waals surface area contributed by atoms with E-state index in [1.807, 2.05) is 6.07 Å². The fraction of sp³-hybridized carbons (Fsp3) is 0.0667. The Hall–Kier alpha value is -1.93. The summed E-state index contributed by atoms with van der Waals surface area (Å²) < 4.78 is 0. The van der Waals surface area contributed by atoms with E-state index < -0.39 is 0 Å². The molecule has 1 amide bonds. The highest BCUT2D eigenvalue weighted by molar-refractivity contribution is 6.43. The summed E-state index contributed by atoms with van der Waals surface area (Å²) in [7, 11) is 0. The molecule has 0 fully saturated rings. The van der Waals surface area contributed by atoms with Gasteiger partial charge in [0.25, 0.3) is 0 Å². The van der Waals surface area contributed by atoms with Gasteiger partial charge in [0, 0.05) is 5.69 Å². The Morgan fingerprint density at radius 1 is 1.14 bits per heavy atom. The average Bonchev–Trinajstić information content (AvgIpc) is 2.49. The molecule has 4 nitrogen and oxygen atoms in total. The van der Waals surface area contributed by atoms with E-state index in [0.29, 0.717) is 27.0 Å². The summed E-state index contributed by atoms with van der Waals surface area (Å²) in [6.07, 6.45) is 0. The molecule has 0 heterocycles. The number of hydrogen-bond acceptors (Lipinski definition) is 3. The Balaban J connectivity index is 1.97. The molecule has 0 aromatic heterocycles. The van der Waals surface area contributed by atoms with Crippen LogP contribution >= 0.6 is 34.8 Å². The SMILES string of the molecule is N#Cc1ccc(NC(=O)CNc2cccc(Cl)c2Cl)cc1Cl. The van der Waals surface area contributed by atoms with Crippen LogP contribution < -0.4 is 10.6 Å². The summed E-state index contributed by atoms with van der Waals surface area (Å²) in [6.45, 7) is 0.0116. The van der Waals surface area contributed by atoms with Gasteiger partial charge in [0.15, 0.2) is 0 Å². The van der Waals surface area contributed by atoms with Crippen LogP contribution in [0.4, 0.5) is 11.4 Å². The average molecular weight is 355 g/mol. The largest absolute Gasteiger partial charge is 0.375 e. The molecule has 0 saturated carbocycles. The Kier molecular flexibility index (Phi) is 5.51. The van der Waals surface area contributed by atoms with E-state index in [4.69, 9.17) is 40.1 Å². The summed E-state index contributed by atoms with van der Waals surface area (Å²) in [5.74, 6) is -0.281. The number of carbonyl (C=O) groups excluding carboxylic acids is 1. The topological polar surface area (TPSA) is 64.9 Å². The maximum Gasteiger partial charge on any atom is 0.243 e. The first kappa shape index (κ1) is 16.4. The third-order valence-electron chi connectivity index (χ3n) is 2.76. The number of anilines is 2. The van der Waals surface area contributed by atoms with Gasteiger partial charge in [0.05, 0.1) is 32.9 Å². The zero-order chi connectivity index (χ0) is 16.1. The number of rotatable bonds is 4. The summed E-state index contributed by atoms with van der Waals surface area (Å²) in [5, 5.41) is 15.4. The van der Waals surface area contributed by atoms with Crippen molar-refractivity contribution in [2.75, 3.05) is 17.2 Å². The zero-order valence-electron chi connectivity index (χ0n) is 11.2. The van der Waals surface area contributed by atoms with E-state index in [2.05, 4.69) is 10.6 Å². The van der Waals surface area contributed by atoms with Gasteiger partial charge in [0.2, 0.25) is 5.91 Å². The van der Waals surface area contributed by atoms with Crippen molar-refractivity contribution < 1.29 is 4.79 Å². The first-order valence-corrected chi connectivity index (χ1v) is 7.32. The fourth-order valence-corrected chi connectivity index (χ4v) is 2.29. The Labute approximate surface area is 142 Å². The lowest BCUT2D eigenvalue weighted by molar-refractivity contribution is -0.114. The van der Waals surface area contributed by atoms with Gasteiger partial charge in [-0.25, -0.2) is 0 Å². The van der Waals surface area contributed by atoms with Crippen LogP contribution in [0.25, 0.3) is 0 Å². The van der Waals surface area contributed by atoms with Gasteiger partial charge < -0.3 is 10.6 Å². The van der Waals surface area contributed by atoms with Crippen molar-refractivity contribution in [1.29, 1.82) is 5.26 Å². The van der Waals surface area contributed by atoms with E-state index >= 15 is 0 Å². The summed E-state index contributed by atoms with van der Waals surface area (Å²) in [6, 6.07) is 11.7. The second kappa shape index (κ2) is 7.37. The van der Waals surface area contributed by atoms with Gasteiger partial charge in [-0.2, -0.15) is 5.26 Å².